The van der Waals surface area contributed by atoms with Crippen LogP contribution in [0.3, 0.4) is 0 Å². The maximum Gasteiger partial charge on any atom is 0.240 e. The third kappa shape index (κ3) is 5.10. The molecule has 174 valence electrons. The van der Waals surface area contributed by atoms with Crippen LogP contribution in [0.5, 0.6) is 0 Å². The Balaban J connectivity index is 1.36. The minimum Gasteiger partial charge on any atom is -0.311 e. The van der Waals surface area contributed by atoms with Crippen molar-refractivity contribution in [2.75, 3.05) is 11.4 Å². The summed E-state index contributed by atoms with van der Waals surface area (Å²) in [5.74, 6) is 1.08. The van der Waals surface area contributed by atoms with Crippen LogP contribution in [0.25, 0.3) is 0 Å². The number of aryl methyl sites for hydroxylation is 2. The van der Waals surface area contributed by atoms with Gasteiger partial charge >= 0.3 is 0 Å². The highest BCUT2D eigenvalue weighted by molar-refractivity contribution is 8.00. The second-order valence-electron chi connectivity index (χ2n) is 8.52. The zero-order valence-electron chi connectivity index (χ0n) is 19.3. The zero-order valence-corrected chi connectivity index (χ0v) is 20.9. The van der Waals surface area contributed by atoms with E-state index in [0.29, 0.717) is 0 Å². The molecular weight excluding hydrogens is 460 g/mol. The van der Waals surface area contributed by atoms with Crippen LogP contribution in [0.1, 0.15) is 35.2 Å². The van der Waals surface area contributed by atoms with Gasteiger partial charge in [-0.3, -0.25) is 4.79 Å². The third-order valence-electron chi connectivity index (χ3n) is 6.18. The van der Waals surface area contributed by atoms with E-state index in [4.69, 9.17) is 0 Å². The molecule has 0 bridgehead atoms. The summed E-state index contributed by atoms with van der Waals surface area (Å²) < 4.78 is 2.20. The minimum atomic E-state index is -0.250. The molecule has 34 heavy (non-hydrogen) atoms. The number of nitrogens with zero attached hydrogens (tertiary/aromatic N) is 4. The number of fused-ring (bicyclic) bond motifs is 1. The van der Waals surface area contributed by atoms with Crippen molar-refractivity contribution in [3.8, 4) is 0 Å². The summed E-state index contributed by atoms with van der Waals surface area (Å²) in [6.45, 7) is 3.54. The molecule has 7 heteroatoms. The number of amides is 1. The van der Waals surface area contributed by atoms with Gasteiger partial charge in [0.2, 0.25) is 5.91 Å². The van der Waals surface area contributed by atoms with Crippen LogP contribution in [0.4, 0.5) is 5.69 Å². The Morgan fingerprint density at radius 2 is 1.88 bits per heavy atom. The van der Waals surface area contributed by atoms with Crippen molar-refractivity contribution in [3.05, 3.63) is 93.9 Å². The Labute approximate surface area is 208 Å². The molecular formula is C27H28N4OS2. The van der Waals surface area contributed by atoms with Gasteiger partial charge in [-0.05, 0) is 54.8 Å². The second kappa shape index (κ2) is 10.6. The topological polar surface area (TPSA) is 51.0 Å². The summed E-state index contributed by atoms with van der Waals surface area (Å²) in [4.78, 5) is 16.7. The van der Waals surface area contributed by atoms with Crippen molar-refractivity contribution in [2.45, 2.75) is 49.6 Å². The number of anilines is 1. The molecule has 0 spiro atoms. The van der Waals surface area contributed by atoms with E-state index in [1.54, 1.807) is 11.3 Å². The number of benzene rings is 2. The summed E-state index contributed by atoms with van der Waals surface area (Å²) in [6, 6.07) is 22.9. The van der Waals surface area contributed by atoms with Crippen LogP contribution in [0.2, 0.25) is 0 Å². The molecule has 0 saturated carbocycles. The molecule has 2 aromatic heterocycles. The molecule has 1 atom stereocenters. The quantitative estimate of drug-likeness (QED) is 0.302. The first kappa shape index (κ1) is 22.9. The Bertz CT molecular complexity index is 1240. The van der Waals surface area contributed by atoms with Gasteiger partial charge in [0, 0.05) is 30.1 Å². The minimum absolute atomic E-state index is 0.134. The molecule has 1 unspecified atom stereocenters. The molecule has 1 aliphatic rings. The number of carbonyl (C=O) groups is 1. The maximum atomic E-state index is 13.5. The fraction of sp³-hybridized carbons (Fsp3) is 0.296. The predicted octanol–water partition coefficient (Wildman–Crippen LogP) is 5.63. The van der Waals surface area contributed by atoms with Crippen LogP contribution in [0.15, 0.2) is 77.3 Å². The number of rotatable bonds is 8. The molecule has 0 N–H and O–H groups in total. The van der Waals surface area contributed by atoms with Crippen molar-refractivity contribution in [2.24, 2.45) is 0 Å². The number of hydrogen-bond donors (Lipinski definition) is 0. The van der Waals surface area contributed by atoms with Gasteiger partial charge in [0.25, 0.3) is 0 Å². The lowest BCUT2D eigenvalue weighted by molar-refractivity contribution is -0.117. The van der Waals surface area contributed by atoms with Crippen molar-refractivity contribution in [3.63, 3.8) is 0 Å². The Hall–Kier alpha value is -2.90. The summed E-state index contributed by atoms with van der Waals surface area (Å²) in [5, 5.41) is 11.7. The van der Waals surface area contributed by atoms with E-state index in [9.17, 15) is 4.79 Å². The summed E-state index contributed by atoms with van der Waals surface area (Å²) in [5.41, 5.74) is 3.59. The van der Waals surface area contributed by atoms with Crippen LogP contribution in [-0.4, -0.2) is 32.5 Å². The summed E-state index contributed by atoms with van der Waals surface area (Å²) in [7, 11) is 0. The Morgan fingerprint density at radius 1 is 1.06 bits per heavy atom. The molecule has 0 saturated heterocycles. The zero-order chi connectivity index (χ0) is 23.3. The maximum absolute atomic E-state index is 13.5. The molecule has 5 rings (SSSR count). The molecule has 1 amide bonds. The molecule has 2 aromatic carbocycles. The van der Waals surface area contributed by atoms with Gasteiger partial charge in [-0.1, -0.05) is 66.4 Å². The van der Waals surface area contributed by atoms with Gasteiger partial charge in [-0.15, -0.1) is 21.5 Å². The van der Waals surface area contributed by atoms with Gasteiger partial charge in [0.15, 0.2) is 5.16 Å². The second-order valence-corrected chi connectivity index (χ2v) is 10.9. The van der Waals surface area contributed by atoms with Crippen molar-refractivity contribution < 1.29 is 4.79 Å². The third-order valence-corrected chi connectivity index (χ3v) is 8.12. The predicted molar refractivity (Wildman–Crippen MR) is 140 cm³/mol. The van der Waals surface area contributed by atoms with E-state index in [2.05, 4.69) is 74.7 Å². The van der Waals surface area contributed by atoms with E-state index in [-0.39, 0.29) is 11.2 Å². The van der Waals surface area contributed by atoms with Gasteiger partial charge in [-0.2, -0.15) is 0 Å². The van der Waals surface area contributed by atoms with Crippen molar-refractivity contribution in [1.82, 2.24) is 14.8 Å². The number of hydrogen-bond acceptors (Lipinski definition) is 5. The first-order chi connectivity index (χ1) is 16.7. The monoisotopic (exact) mass is 488 g/mol. The smallest absolute Gasteiger partial charge is 0.240 e. The first-order valence-electron chi connectivity index (χ1n) is 11.7. The lowest BCUT2D eigenvalue weighted by atomic mass is 10.0. The van der Waals surface area contributed by atoms with E-state index < -0.39 is 0 Å². The summed E-state index contributed by atoms with van der Waals surface area (Å²) >= 11 is 3.25. The fourth-order valence-corrected chi connectivity index (χ4v) is 6.06. The molecule has 0 fully saturated rings. The molecule has 0 radical (unpaired) electrons. The summed E-state index contributed by atoms with van der Waals surface area (Å²) in [6.07, 6.45) is 3.67. The SMILES string of the molecule is CC(Sc1nnc(Cc2cccs2)n1CCc1ccccc1)C(=O)N1CCCc2ccccc21. The van der Waals surface area contributed by atoms with Crippen LogP contribution in [-0.2, 0) is 30.6 Å². The van der Waals surface area contributed by atoms with Crippen LogP contribution in [0, 0.1) is 0 Å². The lowest BCUT2D eigenvalue weighted by Gasteiger charge is -2.31. The van der Waals surface area contributed by atoms with Crippen molar-refractivity contribution in [1.29, 1.82) is 0 Å². The Kier molecular flexibility index (Phi) is 7.11. The average Bonchev–Trinajstić information content (AvgIpc) is 3.53. The number of thiophene rings is 1. The van der Waals surface area contributed by atoms with E-state index >= 15 is 0 Å². The molecule has 0 aliphatic carbocycles. The number of thioether (sulfide) groups is 1. The van der Waals surface area contributed by atoms with Crippen LogP contribution < -0.4 is 4.90 Å². The molecule has 4 aromatic rings. The average molecular weight is 489 g/mol. The van der Waals surface area contributed by atoms with E-state index in [1.165, 1.54) is 27.8 Å². The first-order valence-corrected chi connectivity index (χ1v) is 13.5. The number of carbonyl (C=O) groups excluding carboxylic acids is 1. The Morgan fingerprint density at radius 3 is 2.71 bits per heavy atom. The highest BCUT2D eigenvalue weighted by Gasteiger charge is 2.28. The van der Waals surface area contributed by atoms with Gasteiger partial charge < -0.3 is 9.47 Å². The van der Waals surface area contributed by atoms with Gasteiger partial charge in [-0.25, -0.2) is 0 Å². The molecule has 3 heterocycles. The molecule has 1 aliphatic heterocycles. The van der Waals surface area contributed by atoms with Crippen LogP contribution >= 0.6 is 23.1 Å². The lowest BCUT2D eigenvalue weighted by Crippen LogP contribution is -2.40. The van der Waals surface area contributed by atoms with Gasteiger partial charge in [0.05, 0.1) is 5.25 Å². The standard InChI is InChI=1S/C27H28N4OS2/c1-20(26(32)30-16-7-12-22-11-5-6-14-24(22)30)34-27-29-28-25(19-23-13-8-18-33-23)31(27)17-15-21-9-3-2-4-10-21/h2-6,8-11,13-14,18,20H,7,12,15-17,19H2,1H3. The van der Waals surface area contributed by atoms with E-state index in [1.807, 2.05) is 24.0 Å². The molecule has 5 nitrogen and oxygen atoms in total. The van der Waals surface area contributed by atoms with E-state index in [0.717, 1.165) is 55.4 Å². The van der Waals surface area contributed by atoms with Crippen molar-refractivity contribution >= 4 is 34.7 Å². The highest BCUT2D eigenvalue weighted by atomic mass is 32.2. The van der Waals surface area contributed by atoms with Gasteiger partial charge in [0.1, 0.15) is 5.82 Å². The largest absolute Gasteiger partial charge is 0.311 e. The highest BCUT2D eigenvalue weighted by Crippen LogP contribution is 2.31. The normalized spacial score (nSPS) is 14.1. The fourth-order valence-electron chi connectivity index (χ4n) is 4.41. The number of aromatic nitrogens is 3. The number of para-hydroxylation sites is 1.